The molecule has 2 aromatic rings. The van der Waals surface area contributed by atoms with Gasteiger partial charge in [0.2, 0.25) is 15.9 Å². The number of amides is 1. The van der Waals surface area contributed by atoms with E-state index in [0.717, 1.165) is 0 Å². The number of hydrogen-bond acceptors (Lipinski definition) is 5. The predicted octanol–water partition coefficient (Wildman–Crippen LogP) is 5.59. The number of rotatable bonds is 10. The number of halogens is 5. The Morgan fingerprint density at radius 2 is 1.77 bits per heavy atom. The molecule has 0 aromatic heterocycles. The molecule has 1 heterocycles. The number of hydrogen-bond donors (Lipinski definition) is 2. The molecule has 7 nitrogen and oxygen atoms in total. The van der Waals surface area contributed by atoms with Crippen LogP contribution in [0.2, 0.25) is 5.02 Å². The van der Waals surface area contributed by atoms with Crippen LogP contribution in [0.15, 0.2) is 58.4 Å². The average molecular weight is 641 g/mol. The van der Waals surface area contributed by atoms with E-state index in [-0.39, 0.29) is 42.3 Å². The molecule has 43 heavy (non-hydrogen) atoms. The van der Waals surface area contributed by atoms with Crippen LogP contribution in [0.5, 0.6) is 0 Å². The number of alkyl halides is 3. The van der Waals surface area contributed by atoms with Crippen LogP contribution >= 0.6 is 11.6 Å². The third-order valence-corrected chi connectivity index (χ3v) is 11.9. The molecular formula is C30H33ClF4N4O3S. The molecule has 232 valence electrons. The van der Waals surface area contributed by atoms with Crippen LogP contribution in [-0.4, -0.2) is 54.3 Å². The van der Waals surface area contributed by atoms with E-state index < -0.39 is 55.9 Å². The maximum Gasteiger partial charge on any atom is 0.394 e. The summed E-state index contributed by atoms with van der Waals surface area (Å²) in [5.41, 5.74) is -3.17. The Balaban J connectivity index is 1.18. The van der Waals surface area contributed by atoms with Gasteiger partial charge in [-0.1, -0.05) is 35.9 Å². The quantitative estimate of drug-likeness (QED) is 0.332. The maximum absolute atomic E-state index is 14.3. The van der Waals surface area contributed by atoms with E-state index in [0.29, 0.717) is 30.7 Å². The Bertz CT molecular complexity index is 1570. The molecule has 2 N–H and O–H groups in total. The molecule has 0 unspecified atom stereocenters. The molecule has 4 aliphatic carbocycles. The highest BCUT2D eigenvalue weighted by molar-refractivity contribution is 7.89. The predicted molar refractivity (Wildman–Crippen MR) is 153 cm³/mol. The fourth-order valence-corrected chi connectivity index (χ4v) is 8.88. The molecule has 1 atom stereocenters. The van der Waals surface area contributed by atoms with Gasteiger partial charge in [0.25, 0.3) is 0 Å². The van der Waals surface area contributed by atoms with Crippen molar-refractivity contribution < 1.29 is 30.8 Å². The molecule has 1 aliphatic heterocycles. The van der Waals surface area contributed by atoms with Crippen molar-refractivity contribution in [3.63, 3.8) is 0 Å². The Hall–Kier alpha value is -2.70. The van der Waals surface area contributed by atoms with Gasteiger partial charge in [0.15, 0.2) is 6.04 Å². The topological polar surface area (TPSA) is 90.9 Å². The number of nitrogens with one attached hydrogen (secondary N) is 2. The highest BCUT2D eigenvalue weighted by Gasteiger charge is 2.75. The Labute approximate surface area is 253 Å². The minimum absolute atomic E-state index is 0.0444. The van der Waals surface area contributed by atoms with Crippen LogP contribution in [0.1, 0.15) is 57.9 Å². The summed E-state index contributed by atoms with van der Waals surface area (Å²) in [7, 11) is -3.95. The zero-order chi connectivity index (χ0) is 31.1. The van der Waals surface area contributed by atoms with Crippen molar-refractivity contribution in [3.8, 4) is 0 Å². The molecule has 2 bridgehead atoms. The summed E-state index contributed by atoms with van der Waals surface area (Å²) < 4.78 is 83.4. The second kappa shape index (κ2) is 9.90. The highest BCUT2D eigenvalue weighted by Crippen LogP contribution is 2.71. The van der Waals surface area contributed by atoms with Gasteiger partial charge < -0.3 is 10.6 Å². The van der Waals surface area contributed by atoms with Gasteiger partial charge in [-0.25, -0.2) is 12.8 Å². The number of amidine groups is 1. The Kier molecular flexibility index (Phi) is 6.98. The van der Waals surface area contributed by atoms with Gasteiger partial charge >= 0.3 is 6.18 Å². The van der Waals surface area contributed by atoms with Crippen molar-refractivity contribution in [1.29, 1.82) is 0 Å². The van der Waals surface area contributed by atoms with E-state index in [2.05, 4.69) is 10.6 Å². The molecule has 7 rings (SSSR count). The first-order valence-electron chi connectivity index (χ1n) is 14.3. The molecular weight excluding hydrogens is 608 g/mol. The van der Waals surface area contributed by atoms with Crippen LogP contribution in [0, 0.1) is 16.6 Å². The standard InChI is InChI=1S/C30H33ClF4N4O3S/c1-26(2)23(24(40)36-13-12-28(10-11-28)30(33,34)35)37-25(38-26)27-16-29(17-27,18-27)39(15-19-8-9-21(31)22(32)14-19)43(41,42)20-6-4-3-5-7-20/h3-9,14,23H,10-13,15-18H2,1-2H3,(H,36,40)(H,37,38)/t23-,27?,29?/m0/s1. The highest BCUT2D eigenvalue weighted by atomic mass is 35.5. The lowest BCUT2D eigenvalue weighted by Gasteiger charge is -2.73. The van der Waals surface area contributed by atoms with Crippen LogP contribution in [0.25, 0.3) is 0 Å². The summed E-state index contributed by atoms with van der Waals surface area (Å²) in [6.45, 7) is 3.50. The zero-order valence-electron chi connectivity index (χ0n) is 23.8. The first kappa shape index (κ1) is 30.3. The van der Waals surface area contributed by atoms with Crippen molar-refractivity contribution in [1.82, 2.24) is 14.9 Å². The second-order valence-electron chi connectivity index (χ2n) is 13.2. The summed E-state index contributed by atoms with van der Waals surface area (Å²) in [5, 5.41) is 5.96. The van der Waals surface area contributed by atoms with E-state index in [9.17, 15) is 30.8 Å². The normalized spacial score (nSPS) is 28.4. The van der Waals surface area contributed by atoms with Crippen LogP contribution < -0.4 is 10.6 Å². The lowest BCUT2D eigenvalue weighted by Crippen LogP contribution is -2.78. The number of benzene rings is 2. The van der Waals surface area contributed by atoms with Crippen molar-refractivity contribution >= 4 is 33.4 Å². The number of carbonyl (C=O) groups excluding carboxylic acids is 1. The molecule has 0 radical (unpaired) electrons. The number of aliphatic imine (C=N–C) groups is 1. The molecule has 4 fully saturated rings. The van der Waals surface area contributed by atoms with E-state index in [1.807, 2.05) is 13.8 Å². The van der Waals surface area contributed by atoms with Crippen molar-refractivity contribution in [2.75, 3.05) is 6.54 Å². The third kappa shape index (κ3) is 5.03. The Morgan fingerprint density at radius 3 is 2.35 bits per heavy atom. The molecule has 13 heteroatoms. The molecule has 5 aliphatic rings. The number of carbonyl (C=O) groups is 1. The fourth-order valence-electron chi connectivity index (χ4n) is 6.98. The van der Waals surface area contributed by atoms with Crippen LogP contribution in [-0.2, 0) is 21.4 Å². The SMILES string of the molecule is CC1(C)NC(C23CC(N(Cc4ccc(Cl)c(F)c4)S(=O)(=O)c4ccccc4)(C2)C3)=N[C@H]1C(=O)NCCC1(C(F)(F)F)CC1. The van der Waals surface area contributed by atoms with Crippen LogP contribution in [0.3, 0.4) is 0 Å². The van der Waals surface area contributed by atoms with E-state index in [4.69, 9.17) is 16.6 Å². The summed E-state index contributed by atoms with van der Waals surface area (Å²) in [5.74, 6) is -0.458. The van der Waals surface area contributed by atoms with Gasteiger partial charge in [-0.2, -0.15) is 17.5 Å². The second-order valence-corrected chi connectivity index (χ2v) is 15.4. The minimum atomic E-state index is -4.28. The van der Waals surface area contributed by atoms with Gasteiger partial charge in [0.05, 0.1) is 20.9 Å². The van der Waals surface area contributed by atoms with E-state index in [1.54, 1.807) is 24.3 Å². The fraction of sp³-hybridized carbons (Fsp3) is 0.533. The lowest BCUT2D eigenvalue weighted by molar-refractivity contribution is -0.188. The van der Waals surface area contributed by atoms with Gasteiger partial charge in [-0.05, 0) is 82.2 Å². The third-order valence-electron chi connectivity index (χ3n) is 9.66. The average Bonchev–Trinajstić information content (AvgIpc) is 3.62. The van der Waals surface area contributed by atoms with Crippen molar-refractivity contribution in [3.05, 3.63) is 64.9 Å². The lowest BCUT2D eigenvalue weighted by atomic mass is 9.38. The molecule has 1 amide bonds. The van der Waals surface area contributed by atoms with E-state index >= 15 is 0 Å². The summed E-state index contributed by atoms with van der Waals surface area (Å²) in [6, 6.07) is 11.5. The molecule has 0 saturated heterocycles. The number of nitrogens with zero attached hydrogens (tertiary/aromatic N) is 2. The first-order chi connectivity index (χ1) is 20.0. The molecule has 2 aromatic carbocycles. The maximum atomic E-state index is 14.3. The van der Waals surface area contributed by atoms with E-state index in [1.165, 1.54) is 28.6 Å². The van der Waals surface area contributed by atoms with Crippen molar-refractivity contribution in [2.45, 2.75) is 87.1 Å². The molecule has 4 saturated carbocycles. The minimum Gasteiger partial charge on any atom is -0.366 e. The zero-order valence-corrected chi connectivity index (χ0v) is 25.3. The van der Waals surface area contributed by atoms with Gasteiger partial charge in [-0.3, -0.25) is 9.79 Å². The molecule has 0 spiro atoms. The van der Waals surface area contributed by atoms with Crippen molar-refractivity contribution in [2.24, 2.45) is 15.8 Å². The monoisotopic (exact) mass is 640 g/mol. The smallest absolute Gasteiger partial charge is 0.366 e. The number of sulfonamides is 1. The van der Waals surface area contributed by atoms with Gasteiger partial charge in [0, 0.05) is 24.0 Å². The summed E-state index contributed by atoms with van der Waals surface area (Å²) in [4.78, 5) is 17.9. The van der Waals surface area contributed by atoms with Gasteiger partial charge in [0.1, 0.15) is 11.7 Å². The Morgan fingerprint density at radius 1 is 1.12 bits per heavy atom. The van der Waals surface area contributed by atoms with Gasteiger partial charge in [-0.15, -0.1) is 0 Å². The largest absolute Gasteiger partial charge is 0.394 e. The summed E-state index contributed by atoms with van der Waals surface area (Å²) in [6.07, 6.45) is -2.87. The summed E-state index contributed by atoms with van der Waals surface area (Å²) >= 11 is 5.86. The first-order valence-corrected chi connectivity index (χ1v) is 16.1. The van der Waals surface area contributed by atoms with Crippen LogP contribution in [0.4, 0.5) is 17.6 Å².